The summed E-state index contributed by atoms with van der Waals surface area (Å²) in [5.74, 6) is 0. The van der Waals surface area contributed by atoms with Crippen molar-refractivity contribution in [2.45, 2.75) is 31.7 Å². The molecule has 1 aromatic rings. The zero-order chi connectivity index (χ0) is 14.9. The zero-order valence-electron chi connectivity index (χ0n) is 12.7. The van der Waals surface area contributed by atoms with Gasteiger partial charge in [-0.05, 0) is 24.8 Å². The number of hydrogen-bond donors (Lipinski definition) is 2. The van der Waals surface area contributed by atoms with Gasteiger partial charge in [0.1, 0.15) is 0 Å². The fourth-order valence-corrected chi connectivity index (χ4v) is 2.43. The first-order chi connectivity index (χ1) is 10.3. The molecule has 5 nitrogen and oxygen atoms in total. The van der Waals surface area contributed by atoms with Gasteiger partial charge in [-0.25, -0.2) is 4.79 Å². The fraction of sp³-hybridized carbons (Fsp3) is 0.533. The van der Waals surface area contributed by atoms with E-state index < -0.39 is 6.03 Å². The van der Waals surface area contributed by atoms with Gasteiger partial charge in [-0.2, -0.15) is 5.06 Å². The van der Waals surface area contributed by atoms with Crippen LogP contribution in [0.3, 0.4) is 0 Å². The average molecular weight is 278 g/mol. The third-order valence-electron chi connectivity index (χ3n) is 3.43. The van der Waals surface area contributed by atoms with Gasteiger partial charge in [0, 0.05) is 13.1 Å². The molecule has 2 amide bonds. The number of hydrogen-bond acceptors (Lipinski definition) is 3. The van der Waals surface area contributed by atoms with Crippen LogP contribution in [-0.4, -0.2) is 36.8 Å². The van der Waals surface area contributed by atoms with Crippen molar-refractivity contribution in [2.24, 2.45) is 5.73 Å². The second-order valence-corrected chi connectivity index (χ2v) is 5.15. The lowest BCUT2D eigenvalue weighted by molar-refractivity contribution is -0.172. The van der Waals surface area contributed by atoms with Crippen molar-refractivity contribution in [3.05, 3.63) is 35.9 Å². The van der Waals surface area contributed by atoms with Crippen LogP contribution in [0, 0.1) is 0 Å². The molecule has 1 atom stereocenters. The molecule has 110 valence electrons. The molecule has 0 saturated carbocycles. The summed E-state index contributed by atoms with van der Waals surface area (Å²) in [6.45, 7) is 2.31. The molecule has 0 bridgehead atoms. The molecule has 2 rings (SSSR count). The number of primary amides is 1. The Bertz CT molecular complexity index is 424. The quantitative estimate of drug-likeness (QED) is 0.832. The van der Waals surface area contributed by atoms with E-state index in [1.54, 1.807) is 0 Å². The smallest absolute Gasteiger partial charge is 0.312 e. The second kappa shape index (κ2) is 7.87. The van der Waals surface area contributed by atoms with Gasteiger partial charge in [0.15, 0.2) is 1.41 Å². The highest BCUT2D eigenvalue weighted by Crippen LogP contribution is 2.10. The highest BCUT2D eigenvalue weighted by Gasteiger charge is 2.16. The number of nitrogens with two attached hydrogens (primary N) is 1. The summed E-state index contributed by atoms with van der Waals surface area (Å²) in [6.07, 6.45) is 4.25. The van der Waals surface area contributed by atoms with Crippen LogP contribution in [-0.2, 0) is 11.3 Å². The summed E-state index contributed by atoms with van der Waals surface area (Å²) >= 11 is 0. The number of hydroxylamine groups is 2. The fourth-order valence-electron chi connectivity index (χ4n) is 2.43. The minimum atomic E-state index is -0.502. The lowest BCUT2D eigenvalue weighted by atomic mass is 10.1. The summed E-state index contributed by atoms with van der Waals surface area (Å²) in [4.78, 5) is 17.2. The molecule has 0 spiro atoms. The van der Waals surface area contributed by atoms with Crippen molar-refractivity contribution >= 4 is 6.03 Å². The number of nitrogens with zero attached hydrogens (tertiary/aromatic N) is 1. The van der Waals surface area contributed by atoms with Crippen LogP contribution in [0.1, 0.15) is 24.8 Å². The Balaban J connectivity index is 1.86. The lowest BCUT2D eigenvalue weighted by Crippen LogP contribution is -2.44. The Morgan fingerprint density at radius 2 is 2.10 bits per heavy atom. The van der Waals surface area contributed by atoms with E-state index in [9.17, 15) is 4.79 Å². The number of benzene rings is 1. The topological polar surface area (TPSA) is 67.6 Å². The third kappa shape index (κ3) is 5.19. The molecular formula is C15H23N3O2. The van der Waals surface area contributed by atoms with Crippen molar-refractivity contribution in [1.29, 1.82) is 0 Å². The number of amides is 2. The summed E-state index contributed by atoms with van der Waals surface area (Å²) < 4.78 is 6.90. The van der Waals surface area contributed by atoms with E-state index in [4.69, 9.17) is 6.25 Å². The second-order valence-electron chi connectivity index (χ2n) is 5.15. The van der Waals surface area contributed by atoms with Gasteiger partial charge < -0.3 is 11.0 Å². The minimum absolute atomic E-state index is 0.153. The van der Waals surface area contributed by atoms with E-state index in [0.29, 0.717) is 13.0 Å². The number of rotatable bonds is 6. The van der Waals surface area contributed by atoms with Crippen LogP contribution in [0.2, 0.25) is 1.41 Å². The molecule has 0 radical (unpaired) electrons. The Labute approximate surface area is 121 Å². The van der Waals surface area contributed by atoms with Gasteiger partial charge in [-0.15, -0.1) is 0 Å². The normalized spacial score (nSPS) is 18.1. The molecule has 5 heteroatoms. The molecule has 1 aliphatic heterocycles. The van der Waals surface area contributed by atoms with Gasteiger partial charge in [0.2, 0.25) is 0 Å². The molecule has 0 aliphatic carbocycles. The largest absolute Gasteiger partial charge is 0.352 e. The molecule has 3 N–H and O–H groups in total. The Kier molecular flexibility index (Phi) is 5.27. The van der Waals surface area contributed by atoms with Gasteiger partial charge in [0.05, 0.1) is 12.6 Å². The first-order valence-corrected chi connectivity index (χ1v) is 7.18. The van der Waals surface area contributed by atoms with Crippen LogP contribution in [0.25, 0.3) is 0 Å². The SMILES string of the molecule is [2H]NC(=O)N[C@H](CON1CCCCC1)Cc1ccccc1. The van der Waals surface area contributed by atoms with E-state index in [-0.39, 0.29) is 6.04 Å². The molecule has 20 heavy (non-hydrogen) atoms. The van der Waals surface area contributed by atoms with Gasteiger partial charge in [-0.3, -0.25) is 4.84 Å². The molecule has 1 fully saturated rings. The van der Waals surface area contributed by atoms with Gasteiger partial charge in [0.25, 0.3) is 0 Å². The number of nitrogens with one attached hydrogen (secondary N) is 1. The predicted molar refractivity (Wildman–Crippen MR) is 78.0 cm³/mol. The van der Waals surface area contributed by atoms with E-state index in [2.05, 4.69) is 5.32 Å². The monoisotopic (exact) mass is 278 g/mol. The van der Waals surface area contributed by atoms with Crippen LogP contribution in [0.15, 0.2) is 30.3 Å². The first kappa shape index (κ1) is 13.4. The molecule has 1 heterocycles. The molecule has 1 saturated heterocycles. The standard InChI is InChI=1S/C15H23N3O2/c16-15(19)17-14(11-13-7-3-1-4-8-13)12-20-18-9-5-2-6-10-18/h1,3-4,7-8,14H,2,5-6,9-12H2,(H3,16,17,19)/t14-/m0/s1/i/hD. The number of carbonyl (C=O) groups is 1. The third-order valence-corrected chi connectivity index (χ3v) is 3.43. The maximum absolute atomic E-state index is 11.4. The summed E-state index contributed by atoms with van der Waals surface area (Å²) in [5, 5.41) is 4.74. The van der Waals surface area contributed by atoms with Crippen molar-refractivity contribution in [1.82, 2.24) is 10.4 Å². The van der Waals surface area contributed by atoms with Crippen molar-refractivity contribution in [2.75, 3.05) is 19.7 Å². The van der Waals surface area contributed by atoms with Crippen LogP contribution < -0.4 is 11.0 Å². The number of urea groups is 1. The van der Waals surface area contributed by atoms with Crippen molar-refractivity contribution in [3.63, 3.8) is 0 Å². The zero-order valence-corrected chi connectivity index (χ0v) is 11.7. The van der Waals surface area contributed by atoms with Crippen LogP contribution >= 0.6 is 0 Å². The predicted octanol–water partition coefficient (Wildman–Crippen LogP) is 1.68. The van der Waals surface area contributed by atoms with E-state index in [0.717, 1.165) is 31.5 Å². The Morgan fingerprint density at radius 3 is 2.80 bits per heavy atom. The molecule has 1 aliphatic rings. The van der Waals surface area contributed by atoms with E-state index in [1.807, 2.05) is 41.1 Å². The van der Waals surface area contributed by atoms with Crippen LogP contribution in [0.4, 0.5) is 4.79 Å². The van der Waals surface area contributed by atoms with E-state index in [1.165, 1.54) is 6.42 Å². The summed E-state index contributed by atoms with van der Waals surface area (Å²) in [5.41, 5.74) is 2.98. The Morgan fingerprint density at radius 1 is 1.35 bits per heavy atom. The lowest BCUT2D eigenvalue weighted by Gasteiger charge is -2.28. The summed E-state index contributed by atoms with van der Waals surface area (Å²) in [6, 6.07) is 9.30. The van der Waals surface area contributed by atoms with Crippen molar-refractivity contribution < 1.29 is 11.0 Å². The molecule has 1 aromatic carbocycles. The first-order valence-electron chi connectivity index (χ1n) is 7.68. The average Bonchev–Trinajstić information content (AvgIpc) is 2.54. The van der Waals surface area contributed by atoms with Crippen molar-refractivity contribution in [3.8, 4) is 0 Å². The molecule has 0 aromatic heterocycles. The van der Waals surface area contributed by atoms with Crippen LogP contribution in [0.5, 0.6) is 0 Å². The number of piperidine rings is 1. The number of carbonyl (C=O) groups excluding carboxylic acids is 1. The Hall–Kier alpha value is -1.59. The minimum Gasteiger partial charge on any atom is -0.352 e. The highest BCUT2D eigenvalue weighted by atomic mass is 16.7. The van der Waals surface area contributed by atoms with Gasteiger partial charge in [-0.1, -0.05) is 36.8 Å². The molecule has 0 unspecified atom stereocenters. The van der Waals surface area contributed by atoms with E-state index >= 15 is 0 Å². The van der Waals surface area contributed by atoms with Gasteiger partial charge >= 0.3 is 6.03 Å². The summed E-state index contributed by atoms with van der Waals surface area (Å²) in [7, 11) is 0. The maximum atomic E-state index is 11.4. The maximum Gasteiger partial charge on any atom is 0.312 e. The molecular weight excluding hydrogens is 254 g/mol. The highest BCUT2D eigenvalue weighted by molar-refractivity contribution is 5.72.